The van der Waals surface area contributed by atoms with Crippen LogP contribution in [0.3, 0.4) is 0 Å². The Hall–Kier alpha value is -4.93. The standard InChI is InChI=1S/C23H22N8O3/c1-26-11-10-18(24)30-23-27-12-14(20(25)32)21(31-23)28-16-8-5-6-13(19(16)33-2)22-29-15-7-3-4-9-17(15)34-22/h3-12,26H,1-2H3,(H2,25,32)(H3,24,27,28,30,31)/b11-10-. The molecule has 0 saturated carbocycles. The Balaban J connectivity index is 1.76. The number of benzene rings is 2. The van der Waals surface area contributed by atoms with Crippen molar-refractivity contribution in [1.29, 1.82) is 0 Å². The molecule has 2 heterocycles. The number of amides is 1. The number of nitrogens with zero attached hydrogens (tertiary/aromatic N) is 4. The first-order valence-corrected chi connectivity index (χ1v) is 10.1. The number of nitrogens with two attached hydrogens (primary N) is 2. The molecule has 0 aliphatic heterocycles. The van der Waals surface area contributed by atoms with Gasteiger partial charge in [0, 0.05) is 13.2 Å². The minimum Gasteiger partial charge on any atom is -0.494 e. The zero-order valence-electron chi connectivity index (χ0n) is 18.4. The Morgan fingerprint density at radius 1 is 1.15 bits per heavy atom. The third kappa shape index (κ3) is 4.63. The Bertz CT molecular complexity index is 1380. The average molecular weight is 458 g/mol. The van der Waals surface area contributed by atoms with Crippen molar-refractivity contribution < 1.29 is 13.9 Å². The van der Waals surface area contributed by atoms with Gasteiger partial charge in [-0.15, -0.1) is 0 Å². The number of fused-ring (bicyclic) bond motifs is 1. The third-order valence-corrected chi connectivity index (χ3v) is 4.69. The van der Waals surface area contributed by atoms with Crippen LogP contribution in [0.25, 0.3) is 22.6 Å². The lowest BCUT2D eigenvalue weighted by atomic mass is 10.1. The van der Waals surface area contributed by atoms with E-state index in [9.17, 15) is 4.79 Å². The second-order valence-corrected chi connectivity index (χ2v) is 6.95. The summed E-state index contributed by atoms with van der Waals surface area (Å²) in [6.45, 7) is 0. The van der Waals surface area contributed by atoms with Crippen LogP contribution in [0.5, 0.6) is 5.75 Å². The van der Waals surface area contributed by atoms with E-state index in [4.69, 9.17) is 20.6 Å². The minimum atomic E-state index is -0.713. The number of carbonyl (C=O) groups is 1. The van der Waals surface area contributed by atoms with E-state index in [-0.39, 0.29) is 23.2 Å². The first-order valence-electron chi connectivity index (χ1n) is 10.1. The fraction of sp³-hybridized carbons (Fsp3) is 0.0870. The number of rotatable bonds is 8. The number of oxazole rings is 1. The van der Waals surface area contributed by atoms with Crippen LogP contribution in [0.1, 0.15) is 10.4 Å². The lowest BCUT2D eigenvalue weighted by Gasteiger charge is -2.14. The van der Waals surface area contributed by atoms with Crippen LogP contribution in [0, 0.1) is 0 Å². The van der Waals surface area contributed by atoms with Crippen molar-refractivity contribution in [2.45, 2.75) is 0 Å². The number of carbonyl (C=O) groups excluding carboxylic acids is 1. The number of aromatic nitrogens is 3. The molecular formula is C23H22N8O3. The summed E-state index contributed by atoms with van der Waals surface area (Å²) in [6.07, 6.45) is 4.44. The molecule has 0 bridgehead atoms. The molecule has 0 aliphatic carbocycles. The predicted molar refractivity (Wildman–Crippen MR) is 129 cm³/mol. The number of anilines is 2. The second kappa shape index (κ2) is 9.69. The fourth-order valence-electron chi connectivity index (χ4n) is 3.16. The van der Waals surface area contributed by atoms with Crippen molar-refractivity contribution in [2.75, 3.05) is 19.5 Å². The third-order valence-electron chi connectivity index (χ3n) is 4.69. The van der Waals surface area contributed by atoms with E-state index in [0.29, 0.717) is 28.5 Å². The molecule has 172 valence electrons. The Kier molecular flexibility index (Phi) is 6.35. The number of hydrogen-bond donors (Lipinski definition) is 4. The van der Waals surface area contributed by atoms with Crippen LogP contribution in [-0.4, -0.2) is 40.9 Å². The van der Waals surface area contributed by atoms with E-state index < -0.39 is 5.91 Å². The van der Waals surface area contributed by atoms with Gasteiger partial charge in [0.15, 0.2) is 11.3 Å². The van der Waals surface area contributed by atoms with Gasteiger partial charge in [-0.1, -0.05) is 18.2 Å². The van der Waals surface area contributed by atoms with Crippen LogP contribution in [0.2, 0.25) is 0 Å². The van der Waals surface area contributed by atoms with Crippen molar-refractivity contribution in [2.24, 2.45) is 16.5 Å². The normalized spacial score (nSPS) is 11.6. The van der Waals surface area contributed by atoms with Gasteiger partial charge >= 0.3 is 0 Å². The summed E-state index contributed by atoms with van der Waals surface area (Å²) in [5.41, 5.74) is 13.9. The Morgan fingerprint density at radius 2 is 1.97 bits per heavy atom. The van der Waals surface area contributed by atoms with Gasteiger partial charge < -0.3 is 31.3 Å². The molecule has 2 aromatic carbocycles. The van der Waals surface area contributed by atoms with Crippen LogP contribution in [0.15, 0.2) is 70.3 Å². The van der Waals surface area contributed by atoms with Gasteiger partial charge in [-0.3, -0.25) is 4.79 Å². The zero-order chi connectivity index (χ0) is 24.1. The molecule has 11 nitrogen and oxygen atoms in total. The maximum absolute atomic E-state index is 12.0. The summed E-state index contributed by atoms with van der Waals surface area (Å²) in [7, 11) is 3.25. The van der Waals surface area contributed by atoms with Gasteiger partial charge in [0.1, 0.15) is 22.7 Å². The molecule has 0 fully saturated rings. The first kappa shape index (κ1) is 22.3. The van der Waals surface area contributed by atoms with Crippen molar-refractivity contribution in [3.8, 4) is 17.2 Å². The number of aliphatic imine (C=N–C) groups is 1. The van der Waals surface area contributed by atoms with E-state index >= 15 is 0 Å². The van der Waals surface area contributed by atoms with Crippen LogP contribution in [0.4, 0.5) is 17.5 Å². The van der Waals surface area contributed by atoms with Crippen LogP contribution < -0.4 is 26.8 Å². The van der Waals surface area contributed by atoms with E-state index in [0.717, 1.165) is 5.52 Å². The van der Waals surface area contributed by atoms with E-state index in [1.54, 1.807) is 31.5 Å². The molecule has 4 rings (SSSR count). The molecule has 0 unspecified atom stereocenters. The van der Waals surface area contributed by atoms with Crippen molar-refractivity contribution >= 4 is 40.3 Å². The minimum absolute atomic E-state index is 0.0415. The topological polar surface area (TPSA) is 167 Å². The number of primary amides is 1. The zero-order valence-corrected chi connectivity index (χ0v) is 18.4. The summed E-state index contributed by atoms with van der Waals surface area (Å²) in [5, 5.41) is 5.90. The summed E-state index contributed by atoms with van der Waals surface area (Å²) in [6, 6.07) is 12.8. The van der Waals surface area contributed by atoms with Crippen LogP contribution >= 0.6 is 0 Å². The number of methoxy groups -OCH3 is 1. The number of para-hydroxylation sites is 3. The molecule has 0 aliphatic rings. The summed E-state index contributed by atoms with van der Waals surface area (Å²) >= 11 is 0. The summed E-state index contributed by atoms with van der Waals surface area (Å²) in [4.78, 5) is 29.0. The molecule has 34 heavy (non-hydrogen) atoms. The Morgan fingerprint density at radius 3 is 2.71 bits per heavy atom. The molecule has 6 N–H and O–H groups in total. The smallest absolute Gasteiger partial charge is 0.254 e. The molecule has 0 atom stereocenters. The maximum Gasteiger partial charge on any atom is 0.254 e. The van der Waals surface area contributed by atoms with Crippen molar-refractivity contribution in [1.82, 2.24) is 20.3 Å². The highest BCUT2D eigenvalue weighted by Crippen LogP contribution is 2.38. The number of nitrogens with one attached hydrogen (secondary N) is 2. The highest BCUT2D eigenvalue weighted by Gasteiger charge is 2.19. The van der Waals surface area contributed by atoms with Gasteiger partial charge in [0.05, 0.1) is 18.4 Å². The molecular weight excluding hydrogens is 436 g/mol. The summed E-state index contributed by atoms with van der Waals surface area (Å²) in [5.74, 6) is 0.454. The first-order chi connectivity index (χ1) is 16.5. The SMILES string of the molecule is CN/C=C\C(N)=Nc1ncc(C(N)=O)c(Nc2cccc(-c3nc4ccccc4o3)c2OC)n1. The largest absolute Gasteiger partial charge is 0.494 e. The van der Waals surface area contributed by atoms with Gasteiger partial charge in [0.25, 0.3) is 11.9 Å². The van der Waals surface area contributed by atoms with Crippen molar-refractivity contribution in [3.05, 3.63) is 66.5 Å². The fourth-order valence-corrected chi connectivity index (χ4v) is 3.16. The highest BCUT2D eigenvalue weighted by molar-refractivity contribution is 5.99. The van der Waals surface area contributed by atoms with E-state index in [1.165, 1.54) is 13.3 Å². The van der Waals surface area contributed by atoms with E-state index in [1.807, 2.05) is 30.3 Å². The molecule has 1 amide bonds. The number of ether oxygens (including phenoxy) is 1. The predicted octanol–water partition coefficient (Wildman–Crippen LogP) is 2.86. The van der Waals surface area contributed by atoms with E-state index in [2.05, 4.69) is 30.6 Å². The molecule has 4 aromatic rings. The lowest BCUT2D eigenvalue weighted by molar-refractivity contribution is 0.100. The van der Waals surface area contributed by atoms with Crippen LogP contribution in [-0.2, 0) is 0 Å². The molecule has 0 saturated heterocycles. The lowest BCUT2D eigenvalue weighted by Crippen LogP contribution is -2.15. The second-order valence-electron chi connectivity index (χ2n) is 6.95. The van der Waals surface area contributed by atoms with Gasteiger partial charge in [-0.05, 0) is 36.5 Å². The number of hydrogen-bond acceptors (Lipinski definition) is 9. The van der Waals surface area contributed by atoms with Gasteiger partial charge in [-0.2, -0.15) is 9.98 Å². The van der Waals surface area contributed by atoms with Crippen molar-refractivity contribution in [3.63, 3.8) is 0 Å². The van der Waals surface area contributed by atoms with Gasteiger partial charge in [0.2, 0.25) is 5.89 Å². The Labute approximate surface area is 194 Å². The molecule has 0 spiro atoms. The maximum atomic E-state index is 12.0. The monoisotopic (exact) mass is 458 g/mol. The average Bonchev–Trinajstić information content (AvgIpc) is 3.27. The summed E-state index contributed by atoms with van der Waals surface area (Å²) < 4.78 is 11.5. The highest BCUT2D eigenvalue weighted by atomic mass is 16.5. The number of amidine groups is 1. The quantitative estimate of drug-likeness (QED) is 0.229. The molecule has 11 heteroatoms. The molecule has 0 radical (unpaired) electrons. The molecule has 2 aromatic heterocycles. The van der Waals surface area contributed by atoms with Gasteiger partial charge in [-0.25, -0.2) is 9.97 Å².